The lowest BCUT2D eigenvalue weighted by Crippen LogP contribution is -2.57. The Hall–Kier alpha value is -2.87. The van der Waals surface area contributed by atoms with E-state index < -0.39 is 66.2 Å². The lowest BCUT2D eigenvalue weighted by atomic mass is 10.1. The smallest absolute Gasteiger partial charge is 0.326 e. The topological polar surface area (TPSA) is 216 Å². The summed E-state index contributed by atoms with van der Waals surface area (Å²) in [6.07, 6.45) is 1.51. The van der Waals surface area contributed by atoms with Crippen LogP contribution in [0.25, 0.3) is 0 Å². The van der Waals surface area contributed by atoms with Gasteiger partial charge in [0.05, 0.1) is 12.5 Å². The average molecular weight is 491 g/mol. The number of carboxylic acid groups (broad SMARTS) is 3. The van der Waals surface area contributed by atoms with Gasteiger partial charge in [0.15, 0.2) is 0 Å². The molecule has 1 fully saturated rings. The summed E-state index contributed by atoms with van der Waals surface area (Å²) in [6, 6.07) is -4.80. The van der Waals surface area contributed by atoms with Gasteiger partial charge in [0.25, 0.3) is 0 Å². The van der Waals surface area contributed by atoms with Crippen LogP contribution in [-0.2, 0) is 28.8 Å². The number of nitrogens with two attached hydrogens (primary N) is 1. The van der Waals surface area contributed by atoms with Crippen LogP contribution in [0.5, 0.6) is 0 Å². The first-order chi connectivity index (χ1) is 15.5. The van der Waals surface area contributed by atoms with Crippen molar-refractivity contribution in [1.29, 1.82) is 0 Å². The van der Waals surface area contributed by atoms with Crippen LogP contribution in [-0.4, -0.2) is 98.6 Å². The summed E-state index contributed by atoms with van der Waals surface area (Å²) in [7, 11) is 0. The Morgan fingerprint density at radius 2 is 1.70 bits per heavy atom. The van der Waals surface area contributed by atoms with Gasteiger partial charge in [-0.1, -0.05) is 0 Å². The minimum Gasteiger partial charge on any atom is -0.481 e. The third kappa shape index (κ3) is 9.26. The Balaban J connectivity index is 2.91. The van der Waals surface area contributed by atoms with Gasteiger partial charge in [0.1, 0.15) is 18.1 Å². The number of likely N-dealkylation sites (tertiary alicyclic amines) is 1. The molecule has 1 heterocycles. The largest absolute Gasteiger partial charge is 0.481 e. The lowest BCUT2D eigenvalue weighted by Gasteiger charge is -2.29. The number of aliphatic carboxylic acids is 3. The van der Waals surface area contributed by atoms with Crippen LogP contribution in [0.1, 0.15) is 38.5 Å². The molecule has 0 radical (unpaired) electrons. The molecule has 0 aromatic heterocycles. The molecule has 1 saturated heterocycles. The van der Waals surface area contributed by atoms with Crippen LogP contribution in [0.2, 0.25) is 0 Å². The number of carboxylic acids is 3. The van der Waals surface area contributed by atoms with E-state index in [1.807, 2.05) is 6.26 Å². The number of carbonyl (C=O) groups is 6. The second-order valence-electron chi connectivity index (χ2n) is 7.57. The van der Waals surface area contributed by atoms with Gasteiger partial charge >= 0.3 is 17.9 Å². The summed E-state index contributed by atoms with van der Waals surface area (Å²) in [4.78, 5) is 72.2. The maximum atomic E-state index is 13.2. The Morgan fingerprint density at radius 1 is 1.03 bits per heavy atom. The molecule has 0 aromatic rings. The number of hydrogen-bond donors (Lipinski definition) is 6. The Labute approximate surface area is 194 Å². The fraction of sp³-hybridized carbons (Fsp3) is 0.684. The first-order valence-corrected chi connectivity index (χ1v) is 11.7. The SMILES string of the molecule is CSCCC(NC(=O)C(N)CCC(=O)O)C(=O)N1CCCC1C(=O)NC(CC(=O)O)C(=O)O. The first kappa shape index (κ1) is 28.2. The summed E-state index contributed by atoms with van der Waals surface area (Å²) >= 11 is 1.43. The monoisotopic (exact) mass is 490 g/mol. The molecule has 14 heteroatoms. The van der Waals surface area contributed by atoms with E-state index in [4.69, 9.17) is 21.1 Å². The van der Waals surface area contributed by atoms with Crippen molar-refractivity contribution in [2.45, 2.75) is 62.7 Å². The van der Waals surface area contributed by atoms with Crippen LogP contribution in [0, 0.1) is 0 Å². The minimum absolute atomic E-state index is 0.112. The number of nitrogens with zero attached hydrogens (tertiary/aromatic N) is 1. The van der Waals surface area contributed by atoms with Gasteiger partial charge in [-0.2, -0.15) is 11.8 Å². The number of nitrogens with one attached hydrogen (secondary N) is 2. The van der Waals surface area contributed by atoms with Crippen LogP contribution in [0.15, 0.2) is 0 Å². The van der Waals surface area contributed by atoms with E-state index in [1.165, 1.54) is 16.7 Å². The zero-order chi connectivity index (χ0) is 25.1. The third-order valence-electron chi connectivity index (χ3n) is 5.06. The fourth-order valence-corrected chi connectivity index (χ4v) is 3.80. The number of rotatable bonds is 14. The van der Waals surface area contributed by atoms with E-state index in [0.717, 1.165) is 0 Å². The second-order valence-corrected chi connectivity index (χ2v) is 8.55. The maximum Gasteiger partial charge on any atom is 0.326 e. The summed E-state index contributed by atoms with van der Waals surface area (Å²) in [5, 5.41) is 31.4. The molecule has 0 saturated carbocycles. The molecular weight excluding hydrogens is 460 g/mol. The van der Waals surface area contributed by atoms with Crippen molar-refractivity contribution in [3.8, 4) is 0 Å². The molecule has 0 aliphatic carbocycles. The number of amides is 3. The lowest BCUT2D eigenvalue weighted by molar-refractivity contribution is -0.148. The highest BCUT2D eigenvalue weighted by Crippen LogP contribution is 2.20. The van der Waals surface area contributed by atoms with Crippen molar-refractivity contribution < 1.29 is 44.1 Å². The summed E-state index contributed by atoms with van der Waals surface area (Å²) < 4.78 is 0. The van der Waals surface area contributed by atoms with Crippen LogP contribution >= 0.6 is 11.8 Å². The summed E-state index contributed by atoms with van der Waals surface area (Å²) in [6.45, 7) is 0.199. The van der Waals surface area contributed by atoms with Gasteiger partial charge in [-0.15, -0.1) is 0 Å². The van der Waals surface area contributed by atoms with Gasteiger partial charge in [0.2, 0.25) is 17.7 Å². The summed E-state index contributed by atoms with van der Waals surface area (Å²) in [5.74, 6) is -5.55. The molecule has 0 aromatic carbocycles. The molecular formula is C19H30N4O9S. The van der Waals surface area contributed by atoms with E-state index in [2.05, 4.69) is 10.6 Å². The molecule has 186 valence electrons. The molecule has 1 aliphatic rings. The number of thioether (sulfide) groups is 1. The molecule has 0 bridgehead atoms. The average Bonchev–Trinajstić information content (AvgIpc) is 3.23. The molecule has 1 rings (SSSR count). The number of carbonyl (C=O) groups excluding carboxylic acids is 3. The van der Waals surface area contributed by atoms with Crippen molar-refractivity contribution >= 4 is 47.4 Å². The van der Waals surface area contributed by atoms with Crippen molar-refractivity contribution in [3.63, 3.8) is 0 Å². The molecule has 13 nitrogen and oxygen atoms in total. The summed E-state index contributed by atoms with van der Waals surface area (Å²) in [5.41, 5.74) is 5.72. The van der Waals surface area contributed by atoms with E-state index in [0.29, 0.717) is 12.2 Å². The standard InChI is InChI=1S/C19H30N4O9S/c1-33-8-6-11(21-16(28)10(20)4-5-14(24)25)18(30)23-7-2-3-13(23)17(29)22-12(19(31)32)9-15(26)27/h10-13H,2-9,20H2,1H3,(H,21,28)(H,22,29)(H,24,25)(H,26,27)(H,31,32). The van der Waals surface area contributed by atoms with E-state index in [-0.39, 0.29) is 32.2 Å². The fourth-order valence-electron chi connectivity index (χ4n) is 3.33. The van der Waals surface area contributed by atoms with Crippen molar-refractivity contribution in [1.82, 2.24) is 15.5 Å². The van der Waals surface area contributed by atoms with Crippen LogP contribution in [0.3, 0.4) is 0 Å². The zero-order valence-corrected chi connectivity index (χ0v) is 19.0. The Kier molecular flexibility index (Phi) is 11.6. The third-order valence-corrected chi connectivity index (χ3v) is 5.71. The Bertz CT molecular complexity index is 764. The van der Waals surface area contributed by atoms with Crippen LogP contribution < -0.4 is 16.4 Å². The van der Waals surface area contributed by atoms with Gasteiger partial charge in [-0.3, -0.25) is 24.0 Å². The molecule has 0 spiro atoms. The van der Waals surface area contributed by atoms with Crippen molar-refractivity contribution in [2.24, 2.45) is 5.73 Å². The van der Waals surface area contributed by atoms with E-state index in [9.17, 15) is 28.8 Å². The first-order valence-electron chi connectivity index (χ1n) is 10.3. The maximum absolute atomic E-state index is 13.2. The van der Waals surface area contributed by atoms with Crippen molar-refractivity contribution in [2.75, 3.05) is 18.6 Å². The molecule has 4 atom stereocenters. The van der Waals surface area contributed by atoms with E-state index in [1.54, 1.807) is 0 Å². The molecule has 7 N–H and O–H groups in total. The van der Waals surface area contributed by atoms with Gasteiger partial charge < -0.3 is 36.6 Å². The van der Waals surface area contributed by atoms with Gasteiger partial charge in [0, 0.05) is 13.0 Å². The molecule has 4 unspecified atom stereocenters. The molecule has 3 amide bonds. The quantitative estimate of drug-likeness (QED) is 0.164. The highest BCUT2D eigenvalue weighted by Gasteiger charge is 2.39. The molecule has 33 heavy (non-hydrogen) atoms. The normalized spacial score (nSPS) is 18.1. The highest BCUT2D eigenvalue weighted by molar-refractivity contribution is 7.98. The van der Waals surface area contributed by atoms with Crippen molar-refractivity contribution in [3.05, 3.63) is 0 Å². The predicted octanol–water partition coefficient (Wildman–Crippen LogP) is -1.55. The minimum atomic E-state index is -1.65. The predicted molar refractivity (Wildman–Crippen MR) is 116 cm³/mol. The highest BCUT2D eigenvalue weighted by atomic mass is 32.2. The van der Waals surface area contributed by atoms with Gasteiger partial charge in [-0.25, -0.2) is 4.79 Å². The number of hydrogen-bond acceptors (Lipinski definition) is 8. The van der Waals surface area contributed by atoms with Gasteiger partial charge in [-0.05, 0) is 37.7 Å². The second kappa shape index (κ2) is 13.6. The Morgan fingerprint density at radius 3 is 2.24 bits per heavy atom. The van der Waals surface area contributed by atoms with Crippen LogP contribution in [0.4, 0.5) is 0 Å². The van der Waals surface area contributed by atoms with E-state index >= 15 is 0 Å². The zero-order valence-electron chi connectivity index (χ0n) is 18.2. The molecule has 1 aliphatic heterocycles.